The van der Waals surface area contributed by atoms with Gasteiger partial charge in [-0.05, 0) is 32.5 Å². The van der Waals surface area contributed by atoms with Gasteiger partial charge in [0.15, 0.2) is 0 Å². The first-order chi connectivity index (χ1) is 10.2. The van der Waals surface area contributed by atoms with Crippen molar-refractivity contribution in [2.75, 3.05) is 57.6 Å². The molecule has 7 heteroatoms. The van der Waals surface area contributed by atoms with Crippen LogP contribution in [0.4, 0.5) is 11.8 Å². The highest BCUT2D eigenvalue weighted by Crippen LogP contribution is 2.26. The average Bonchev–Trinajstić information content (AvgIpc) is 2.91. The number of anilines is 2. The summed E-state index contributed by atoms with van der Waals surface area (Å²) in [5, 5.41) is 9.60. The van der Waals surface area contributed by atoms with Gasteiger partial charge in [0.2, 0.25) is 5.95 Å². The minimum absolute atomic E-state index is 0.667. The lowest BCUT2D eigenvalue weighted by Gasteiger charge is -2.11. The first-order valence-electron chi connectivity index (χ1n) is 7.16. The number of ether oxygens (including phenoxy) is 1. The molecule has 0 aliphatic heterocycles. The highest BCUT2D eigenvalue weighted by atomic mass is 32.1. The Hall–Kier alpha value is -1.44. The second-order valence-electron chi connectivity index (χ2n) is 4.91. The summed E-state index contributed by atoms with van der Waals surface area (Å²) >= 11 is 1.62. The molecule has 0 saturated carbocycles. The van der Waals surface area contributed by atoms with Gasteiger partial charge in [-0.2, -0.15) is 4.98 Å². The Morgan fingerprint density at radius 2 is 2.10 bits per heavy atom. The molecule has 2 aromatic heterocycles. The number of nitrogens with zero attached hydrogens (tertiary/aromatic N) is 3. The number of rotatable bonds is 9. The lowest BCUT2D eigenvalue weighted by Crippen LogP contribution is -2.20. The molecule has 0 aromatic carbocycles. The van der Waals surface area contributed by atoms with Crippen LogP contribution in [0, 0.1) is 0 Å². The molecule has 2 aromatic rings. The number of nitrogens with one attached hydrogen (secondary N) is 2. The molecule has 0 saturated heterocycles. The van der Waals surface area contributed by atoms with E-state index in [1.165, 1.54) is 0 Å². The molecule has 0 atom stereocenters. The Bertz CT molecular complexity index is 557. The molecule has 0 aliphatic rings. The molecule has 2 heterocycles. The highest BCUT2D eigenvalue weighted by Gasteiger charge is 2.08. The average molecular weight is 309 g/mol. The summed E-state index contributed by atoms with van der Waals surface area (Å²) in [6, 6.07) is 2.05. The van der Waals surface area contributed by atoms with Gasteiger partial charge in [-0.15, -0.1) is 11.3 Å². The second-order valence-corrected chi connectivity index (χ2v) is 5.80. The van der Waals surface area contributed by atoms with E-state index < -0.39 is 0 Å². The quantitative estimate of drug-likeness (QED) is 0.692. The van der Waals surface area contributed by atoms with Crippen LogP contribution in [0.15, 0.2) is 11.4 Å². The first kappa shape index (κ1) is 15.9. The zero-order chi connectivity index (χ0) is 15.1. The number of likely N-dealkylation sites (N-methyl/N-ethyl adjacent to an activating group) is 1. The largest absolute Gasteiger partial charge is 0.378 e. The van der Waals surface area contributed by atoms with Crippen molar-refractivity contribution in [3.05, 3.63) is 11.4 Å². The molecule has 2 N–H and O–H groups in total. The first-order valence-corrected chi connectivity index (χ1v) is 8.04. The Morgan fingerprint density at radius 1 is 1.24 bits per heavy atom. The molecule has 0 unspecified atom stereocenters. The van der Waals surface area contributed by atoms with E-state index in [-0.39, 0.29) is 0 Å². The van der Waals surface area contributed by atoms with Gasteiger partial charge in [-0.1, -0.05) is 0 Å². The summed E-state index contributed by atoms with van der Waals surface area (Å²) in [6.07, 6.45) is 0. The van der Waals surface area contributed by atoms with Gasteiger partial charge in [0.05, 0.1) is 18.6 Å². The van der Waals surface area contributed by atoms with Crippen molar-refractivity contribution >= 4 is 33.3 Å². The van der Waals surface area contributed by atoms with E-state index in [2.05, 4.69) is 25.5 Å². The molecule has 21 heavy (non-hydrogen) atoms. The van der Waals surface area contributed by atoms with Crippen molar-refractivity contribution < 1.29 is 4.74 Å². The van der Waals surface area contributed by atoms with Gasteiger partial charge in [-0.25, -0.2) is 4.98 Å². The molecule has 0 amide bonds. The van der Waals surface area contributed by atoms with Crippen LogP contribution in [0.1, 0.15) is 6.92 Å². The van der Waals surface area contributed by atoms with Gasteiger partial charge in [-0.3, -0.25) is 0 Å². The molecular weight excluding hydrogens is 286 g/mol. The number of hydrogen-bond donors (Lipinski definition) is 2. The SMILES string of the molecule is CCNc1nc(NCCOCCN(C)C)c2ccsc2n1. The normalized spacial score (nSPS) is 11.2. The maximum atomic E-state index is 5.58. The summed E-state index contributed by atoms with van der Waals surface area (Å²) < 4.78 is 5.58. The topological polar surface area (TPSA) is 62.3 Å². The van der Waals surface area contributed by atoms with Crippen molar-refractivity contribution in [2.24, 2.45) is 0 Å². The summed E-state index contributed by atoms with van der Waals surface area (Å²) in [6.45, 7) is 5.93. The molecule has 0 bridgehead atoms. The molecule has 0 aliphatic carbocycles. The molecule has 2 rings (SSSR count). The van der Waals surface area contributed by atoms with Crippen LogP contribution in [0.25, 0.3) is 10.2 Å². The van der Waals surface area contributed by atoms with Gasteiger partial charge in [0, 0.05) is 19.6 Å². The van der Waals surface area contributed by atoms with Crippen molar-refractivity contribution in [2.45, 2.75) is 6.92 Å². The number of hydrogen-bond acceptors (Lipinski definition) is 7. The van der Waals surface area contributed by atoms with E-state index in [1.807, 2.05) is 32.5 Å². The van der Waals surface area contributed by atoms with Crippen molar-refractivity contribution in [1.82, 2.24) is 14.9 Å². The monoisotopic (exact) mass is 309 g/mol. The van der Waals surface area contributed by atoms with Crippen LogP contribution >= 0.6 is 11.3 Å². The summed E-state index contributed by atoms with van der Waals surface area (Å²) in [7, 11) is 4.08. The van der Waals surface area contributed by atoms with Crippen molar-refractivity contribution in [1.29, 1.82) is 0 Å². The molecule has 116 valence electrons. The molecule has 0 radical (unpaired) electrons. The second kappa shape index (κ2) is 8.11. The predicted octanol–water partition coefficient (Wildman–Crippen LogP) is 2.11. The summed E-state index contributed by atoms with van der Waals surface area (Å²) in [5.74, 6) is 1.54. The Labute approximate surface area is 129 Å². The molecule has 6 nitrogen and oxygen atoms in total. The Kier molecular flexibility index (Phi) is 6.16. The van der Waals surface area contributed by atoms with Gasteiger partial charge < -0.3 is 20.3 Å². The van der Waals surface area contributed by atoms with Crippen LogP contribution in [0.2, 0.25) is 0 Å². The van der Waals surface area contributed by atoms with Crippen LogP contribution in [0.5, 0.6) is 0 Å². The van der Waals surface area contributed by atoms with Crippen LogP contribution in [-0.2, 0) is 4.74 Å². The van der Waals surface area contributed by atoms with E-state index in [9.17, 15) is 0 Å². The molecule has 0 spiro atoms. The van der Waals surface area contributed by atoms with Crippen LogP contribution in [-0.4, -0.2) is 61.8 Å². The third-order valence-electron chi connectivity index (χ3n) is 2.88. The number of aromatic nitrogens is 2. The van der Waals surface area contributed by atoms with E-state index in [0.29, 0.717) is 12.6 Å². The zero-order valence-electron chi connectivity index (χ0n) is 12.8. The minimum atomic E-state index is 0.667. The maximum Gasteiger partial charge on any atom is 0.226 e. The minimum Gasteiger partial charge on any atom is -0.378 e. The van der Waals surface area contributed by atoms with E-state index >= 15 is 0 Å². The number of thiophene rings is 1. The molecular formula is C14H23N5OS. The summed E-state index contributed by atoms with van der Waals surface area (Å²) in [4.78, 5) is 12.1. The van der Waals surface area contributed by atoms with E-state index in [1.54, 1.807) is 11.3 Å². The van der Waals surface area contributed by atoms with Crippen LogP contribution < -0.4 is 10.6 Å². The van der Waals surface area contributed by atoms with Crippen molar-refractivity contribution in [3.8, 4) is 0 Å². The van der Waals surface area contributed by atoms with Gasteiger partial charge in [0.1, 0.15) is 10.6 Å². The Balaban J connectivity index is 1.89. The van der Waals surface area contributed by atoms with Gasteiger partial charge >= 0.3 is 0 Å². The molecule has 0 fully saturated rings. The standard InChI is InChI=1S/C14H23N5OS/c1-4-15-14-17-12(11-5-10-21-13(11)18-14)16-6-8-20-9-7-19(2)3/h5,10H,4,6-9H2,1-3H3,(H2,15,16,17,18). The Morgan fingerprint density at radius 3 is 2.86 bits per heavy atom. The van der Waals surface area contributed by atoms with Crippen LogP contribution in [0.3, 0.4) is 0 Å². The maximum absolute atomic E-state index is 5.58. The fraction of sp³-hybridized carbons (Fsp3) is 0.571. The van der Waals surface area contributed by atoms with Crippen molar-refractivity contribution in [3.63, 3.8) is 0 Å². The number of fused-ring (bicyclic) bond motifs is 1. The van der Waals surface area contributed by atoms with Gasteiger partial charge in [0.25, 0.3) is 0 Å². The highest BCUT2D eigenvalue weighted by molar-refractivity contribution is 7.16. The summed E-state index contributed by atoms with van der Waals surface area (Å²) in [5.41, 5.74) is 0. The fourth-order valence-corrected chi connectivity index (χ4v) is 2.58. The third-order valence-corrected chi connectivity index (χ3v) is 3.69. The lowest BCUT2D eigenvalue weighted by molar-refractivity contribution is 0.126. The lowest BCUT2D eigenvalue weighted by atomic mass is 10.4. The fourth-order valence-electron chi connectivity index (χ4n) is 1.82. The third kappa shape index (κ3) is 4.80. The van der Waals surface area contributed by atoms with E-state index in [0.717, 1.165) is 42.3 Å². The predicted molar refractivity (Wildman–Crippen MR) is 89.4 cm³/mol. The zero-order valence-corrected chi connectivity index (χ0v) is 13.7. The smallest absolute Gasteiger partial charge is 0.226 e. The van der Waals surface area contributed by atoms with E-state index in [4.69, 9.17) is 4.74 Å².